The van der Waals surface area contributed by atoms with Gasteiger partial charge in [0.2, 0.25) is 11.0 Å². The van der Waals surface area contributed by atoms with Gasteiger partial charge in [-0.25, -0.2) is 4.98 Å². The Morgan fingerprint density at radius 3 is 2.59 bits per heavy atom. The van der Waals surface area contributed by atoms with Crippen LogP contribution in [0, 0.1) is 12.8 Å². The maximum absolute atomic E-state index is 12.1. The second-order valence-corrected chi connectivity index (χ2v) is 8.99. The summed E-state index contributed by atoms with van der Waals surface area (Å²) in [6.45, 7) is 7.74. The lowest BCUT2D eigenvalue weighted by Gasteiger charge is -2.34. The Hall–Kier alpha value is -1.99. The van der Waals surface area contributed by atoms with Gasteiger partial charge in [0.1, 0.15) is 5.82 Å². The maximum Gasteiger partial charge on any atom is 0.223 e. The number of nitrogens with one attached hydrogen (secondary N) is 1. The van der Waals surface area contributed by atoms with E-state index in [1.165, 1.54) is 35.5 Å². The van der Waals surface area contributed by atoms with Gasteiger partial charge in [0.15, 0.2) is 0 Å². The van der Waals surface area contributed by atoms with Crippen molar-refractivity contribution < 1.29 is 4.79 Å². The predicted molar refractivity (Wildman–Crippen MR) is 118 cm³/mol. The quantitative estimate of drug-likeness (QED) is 0.756. The molecule has 1 aliphatic carbocycles. The number of carbonyl (C=O) groups is 1. The summed E-state index contributed by atoms with van der Waals surface area (Å²) >= 11 is 1.50. The van der Waals surface area contributed by atoms with Crippen LogP contribution < -0.4 is 10.2 Å². The third-order valence-corrected chi connectivity index (χ3v) is 6.85. The Bertz CT molecular complexity index is 792. The highest BCUT2D eigenvalue weighted by atomic mass is 32.1. The molecule has 0 bridgehead atoms. The van der Waals surface area contributed by atoms with E-state index in [4.69, 9.17) is 4.98 Å². The smallest absolute Gasteiger partial charge is 0.223 e. The molecule has 1 amide bonds. The molecular weight excluding hydrogens is 382 g/mol. The summed E-state index contributed by atoms with van der Waals surface area (Å²) in [5.41, 5.74) is 2.53. The average molecular weight is 414 g/mol. The zero-order chi connectivity index (χ0) is 20.1. The maximum atomic E-state index is 12.1. The number of hydrogen-bond acceptors (Lipinski definition) is 6. The van der Waals surface area contributed by atoms with E-state index < -0.39 is 0 Å². The number of anilines is 1. The number of aromatic nitrogens is 2. The summed E-state index contributed by atoms with van der Waals surface area (Å²) in [5, 5.41) is 4.16. The van der Waals surface area contributed by atoms with Gasteiger partial charge in [-0.1, -0.05) is 42.7 Å². The van der Waals surface area contributed by atoms with Crippen LogP contribution in [0.1, 0.15) is 42.6 Å². The normalized spacial score (nSPS) is 18.3. The monoisotopic (exact) mass is 413 g/mol. The molecule has 1 aromatic carbocycles. The number of aryl methyl sites for hydroxylation is 1. The van der Waals surface area contributed by atoms with Crippen molar-refractivity contribution in [2.24, 2.45) is 5.92 Å². The Balaban J connectivity index is 1.19. The molecule has 1 saturated carbocycles. The SMILES string of the molecule is Cc1ccc(Cc2nsc(N3CCN(CCNC(=O)C4CCCC4)CC3)n2)cc1. The lowest BCUT2D eigenvalue weighted by atomic mass is 10.1. The lowest BCUT2D eigenvalue weighted by molar-refractivity contribution is -0.124. The molecular formula is C22H31N5OS. The van der Waals surface area contributed by atoms with Gasteiger partial charge in [-0.15, -0.1) is 0 Å². The van der Waals surface area contributed by atoms with Crippen LogP contribution in [0.4, 0.5) is 5.13 Å². The van der Waals surface area contributed by atoms with Crippen LogP contribution >= 0.6 is 11.5 Å². The van der Waals surface area contributed by atoms with Gasteiger partial charge in [-0.2, -0.15) is 4.37 Å². The van der Waals surface area contributed by atoms with Crippen LogP contribution in [-0.2, 0) is 11.2 Å². The zero-order valence-corrected chi connectivity index (χ0v) is 18.1. The summed E-state index contributed by atoms with van der Waals surface area (Å²) in [5.74, 6) is 1.43. The minimum Gasteiger partial charge on any atom is -0.355 e. The summed E-state index contributed by atoms with van der Waals surface area (Å²) < 4.78 is 4.56. The molecule has 2 fully saturated rings. The van der Waals surface area contributed by atoms with Crippen molar-refractivity contribution in [1.29, 1.82) is 0 Å². The van der Waals surface area contributed by atoms with E-state index in [1.807, 2.05) is 0 Å². The average Bonchev–Trinajstić information content (AvgIpc) is 3.43. The van der Waals surface area contributed by atoms with Crippen LogP contribution in [0.5, 0.6) is 0 Å². The molecule has 6 nitrogen and oxygen atoms in total. The van der Waals surface area contributed by atoms with Crippen molar-refractivity contribution in [3.05, 3.63) is 41.2 Å². The molecule has 1 N–H and O–H groups in total. The third kappa shape index (κ3) is 5.54. The first-order chi connectivity index (χ1) is 14.2. The Labute approximate surface area is 177 Å². The fourth-order valence-corrected chi connectivity index (χ4v) is 4.90. The molecule has 4 rings (SSSR count). The molecule has 1 aliphatic heterocycles. The first kappa shape index (κ1) is 20.3. The van der Waals surface area contributed by atoms with Crippen LogP contribution in [0.25, 0.3) is 0 Å². The van der Waals surface area contributed by atoms with Crippen LogP contribution in [-0.4, -0.2) is 59.4 Å². The minimum atomic E-state index is 0.260. The molecule has 7 heteroatoms. The fraction of sp³-hybridized carbons (Fsp3) is 0.591. The van der Waals surface area contributed by atoms with Gasteiger partial charge in [-0.3, -0.25) is 9.69 Å². The molecule has 0 spiro atoms. The van der Waals surface area contributed by atoms with E-state index in [1.54, 1.807) is 0 Å². The number of benzene rings is 1. The largest absolute Gasteiger partial charge is 0.355 e. The first-order valence-corrected chi connectivity index (χ1v) is 11.6. The standard InChI is InChI=1S/C22H31N5OS/c1-17-6-8-18(9-7-17)16-20-24-22(29-25-20)27-14-12-26(13-15-27)11-10-23-21(28)19-4-2-3-5-19/h6-9,19H,2-5,10-16H2,1H3,(H,23,28). The van der Waals surface area contributed by atoms with E-state index in [0.29, 0.717) is 0 Å². The number of piperazine rings is 1. The van der Waals surface area contributed by atoms with Crippen molar-refractivity contribution in [3.8, 4) is 0 Å². The Morgan fingerprint density at radius 2 is 1.86 bits per heavy atom. The van der Waals surface area contributed by atoms with Crippen molar-refractivity contribution in [3.63, 3.8) is 0 Å². The number of amides is 1. The summed E-state index contributed by atoms with van der Waals surface area (Å²) in [6, 6.07) is 8.58. The second kappa shape index (κ2) is 9.67. The number of nitrogens with zero attached hydrogens (tertiary/aromatic N) is 4. The van der Waals surface area contributed by atoms with Crippen molar-refractivity contribution in [2.45, 2.75) is 39.0 Å². The number of rotatable bonds is 7. The summed E-state index contributed by atoms with van der Waals surface area (Å²) in [6.07, 6.45) is 5.34. The molecule has 2 aromatic rings. The van der Waals surface area contributed by atoms with Gasteiger partial charge in [0.25, 0.3) is 0 Å². The molecule has 0 unspecified atom stereocenters. The second-order valence-electron chi connectivity index (χ2n) is 8.26. The van der Waals surface area contributed by atoms with Crippen molar-refractivity contribution in [1.82, 2.24) is 19.6 Å². The van der Waals surface area contributed by atoms with Gasteiger partial charge >= 0.3 is 0 Å². The van der Waals surface area contributed by atoms with Crippen LogP contribution in [0.2, 0.25) is 0 Å². The summed E-state index contributed by atoms with van der Waals surface area (Å²) in [4.78, 5) is 21.7. The van der Waals surface area contributed by atoms with Crippen LogP contribution in [0.15, 0.2) is 24.3 Å². The summed E-state index contributed by atoms with van der Waals surface area (Å²) in [7, 11) is 0. The van der Waals surface area contributed by atoms with Gasteiger partial charge in [0.05, 0.1) is 0 Å². The highest BCUT2D eigenvalue weighted by molar-refractivity contribution is 7.09. The Morgan fingerprint density at radius 1 is 1.14 bits per heavy atom. The van der Waals surface area contributed by atoms with E-state index in [2.05, 4.69) is 50.7 Å². The van der Waals surface area contributed by atoms with Gasteiger partial charge < -0.3 is 10.2 Å². The minimum absolute atomic E-state index is 0.260. The molecule has 0 radical (unpaired) electrons. The van der Waals surface area contributed by atoms with Crippen molar-refractivity contribution >= 4 is 22.6 Å². The predicted octanol–water partition coefficient (Wildman–Crippen LogP) is 2.87. The first-order valence-electron chi connectivity index (χ1n) is 10.8. The lowest BCUT2D eigenvalue weighted by Crippen LogP contribution is -2.48. The molecule has 1 saturated heterocycles. The van der Waals surface area contributed by atoms with Crippen molar-refractivity contribution in [2.75, 3.05) is 44.2 Å². The topological polar surface area (TPSA) is 61.4 Å². The van der Waals surface area contributed by atoms with Crippen LogP contribution in [0.3, 0.4) is 0 Å². The van der Waals surface area contributed by atoms with E-state index in [0.717, 1.165) is 69.5 Å². The Kier molecular flexibility index (Phi) is 6.77. The third-order valence-electron chi connectivity index (χ3n) is 6.04. The molecule has 1 aromatic heterocycles. The van der Waals surface area contributed by atoms with E-state index >= 15 is 0 Å². The molecule has 0 atom stereocenters. The zero-order valence-electron chi connectivity index (χ0n) is 17.3. The molecule has 156 valence electrons. The van der Waals surface area contributed by atoms with Gasteiger partial charge in [0, 0.05) is 63.1 Å². The van der Waals surface area contributed by atoms with Gasteiger partial charge in [-0.05, 0) is 25.3 Å². The molecule has 2 aliphatic rings. The highest BCUT2D eigenvalue weighted by Gasteiger charge is 2.23. The highest BCUT2D eigenvalue weighted by Crippen LogP contribution is 2.24. The number of carbonyl (C=O) groups excluding carboxylic acids is 1. The fourth-order valence-electron chi connectivity index (χ4n) is 4.17. The number of hydrogen-bond donors (Lipinski definition) is 1. The van der Waals surface area contributed by atoms with E-state index in [9.17, 15) is 4.79 Å². The molecule has 2 heterocycles. The van der Waals surface area contributed by atoms with E-state index in [-0.39, 0.29) is 11.8 Å². The molecule has 29 heavy (non-hydrogen) atoms.